The largest absolute Gasteiger partial charge is 0.416 e. The van der Waals surface area contributed by atoms with E-state index in [4.69, 9.17) is 0 Å². The van der Waals surface area contributed by atoms with Gasteiger partial charge in [-0.05, 0) is 25.2 Å². The summed E-state index contributed by atoms with van der Waals surface area (Å²) in [6.07, 6.45) is -2.49. The Bertz CT molecular complexity index is 961. The van der Waals surface area contributed by atoms with Gasteiger partial charge in [0.1, 0.15) is 11.6 Å². The van der Waals surface area contributed by atoms with Crippen molar-refractivity contribution in [2.75, 3.05) is 24.2 Å². The third kappa shape index (κ3) is 4.68. The number of fused-ring (bicyclic) bond motifs is 1. The van der Waals surface area contributed by atoms with Gasteiger partial charge in [-0.25, -0.2) is 4.98 Å². The Morgan fingerprint density at radius 1 is 1.43 bits per heavy atom. The molecule has 10 heteroatoms. The number of hydrogen-bond acceptors (Lipinski definition) is 6. The number of likely N-dealkylation sites (N-methyl/N-ethyl adjacent to an activating group) is 1. The summed E-state index contributed by atoms with van der Waals surface area (Å²) in [5.74, 6) is -0.810. The molecule has 1 aliphatic heterocycles. The van der Waals surface area contributed by atoms with Crippen molar-refractivity contribution in [3.63, 3.8) is 0 Å². The summed E-state index contributed by atoms with van der Waals surface area (Å²) >= 11 is 1.44. The van der Waals surface area contributed by atoms with Crippen LogP contribution in [0.1, 0.15) is 16.1 Å². The van der Waals surface area contributed by atoms with Crippen molar-refractivity contribution in [3.8, 4) is 6.07 Å². The summed E-state index contributed by atoms with van der Waals surface area (Å²) < 4.78 is 38.3. The molecule has 1 amide bonds. The van der Waals surface area contributed by atoms with E-state index in [1.54, 1.807) is 6.07 Å². The second-order valence-electron chi connectivity index (χ2n) is 6.22. The highest BCUT2D eigenvalue weighted by Crippen LogP contribution is 2.31. The third-order valence-electron chi connectivity index (χ3n) is 4.07. The molecular formula is C18H16F3N5OS. The molecule has 28 heavy (non-hydrogen) atoms. The molecule has 0 saturated carbocycles. The van der Waals surface area contributed by atoms with Crippen molar-refractivity contribution in [2.24, 2.45) is 0 Å². The zero-order valence-electron chi connectivity index (χ0n) is 14.8. The van der Waals surface area contributed by atoms with Crippen molar-refractivity contribution < 1.29 is 18.0 Å². The van der Waals surface area contributed by atoms with Gasteiger partial charge in [0.15, 0.2) is 5.13 Å². The molecule has 0 aliphatic carbocycles. The minimum absolute atomic E-state index is 0.0475. The zero-order chi connectivity index (χ0) is 20.3. The normalized spacial score (nSPS) is 14.9. The molecular weight excluding hydrogens is 391 g/mol. The minimum Gasteiger partial charge on any atom is -0.337 e. The van der Waals surface area contributed by atoms with Crippen LogP contribution in [-0.2, 0) is 23.9 Å². The number of hydrogen-bond donors (Lipinski definition) is 2. The first-order valence-corrected chi connectivity index (χ1v) is 9.10. The molecule has 146 valence electrons. The zero-order valence-corrected chi connectivity index (χ0v) is 15.6. The number of nitrogens with zero attached hydrogens (tertiary/aromatic N) is 3. The van der Waals surface area contributed by atoms with Crippen molar-refractivity contribution in [3.05, 3.63) is 52.2 Å². The standard InChI is InChI=1S/C18H16F3N5OS/c1-26-6-5-14-15(10-26)28-17(25-14)23-9-11(8-22)16(27)24-13-4-2-3-12(7-13)18(19,20)21/h2-4,7,9H,5-6,10H2,1H3,(H,23,25)(H,24,27)/b11-9-. The summed E-state index contributed by atoms with van der Waals surface area (Å²) in [7, 11) is 2.02. The number of amides is 1. The number of rotatable bonds is 4. The Morgan fingerprint density at radius 2 is 2.21 bits per heavy atom. The first-order valence-electron chi connectivity index (χ1n) is 8.29. The van der Waals surface area contributed by atoms with Crippen molar-refractivity contribution in [2.45, 2.75) is 19.1 Å². The molecule has 0 radical (unpaired) electrons. The second kappa shape index (κ2) is 8.00. The van der Waals surface area contributed by atoms with Crippen LogP contribution in [-0.4, -0.2) is 29.4 Å². The molecule has 0 unspecified atom stereocenters. The number of carbonyl (C=O) groups is 1. The highest BCUT2D eigenvalue weighted by Gasteiger charge is 2.30. The van der Waals surface area contributed by atoms with Crippen LogP contribution in [0.2, 0.25) is 0 Å². The Kier molecular flexibility index (Phi) is 5.67. The Balaban J connectivity index is 1.69. The minimum atomic E-state index is -4.52. The maximum atomic E-state index is 12.8. The number of nitriles is 1. The Hall–Kier alpha value is -2.90. The van der Waals surface area contributed by atoms with Crippen LogP contribution in [0.3, 0.4) is 0 Å². The molecule has 2 heterocycles. The first-order chi connectivity index (χ1) is 13.3. The number of carbonyl (C=O) groups excluding carboxylic acids is 1. The van der Waals surface area contributed by atoms with Gasteiger partial charge in [-0.15, -0.1) is 11.3 Å². The van der Waals surface area contributed by atoms with Gasteiger partial charge < -0.3 is 15.5 Å². The van der Waals surface area contributed by atoms with Gasteiger partial charge in [-0.2, -0.15) is 18.4 Å². The lowest BCUT2D eigenvalue weighted by molar-refractivity contribution is -0.137. The van der Waals surface area contributed by atoms with Crippen molar-refractivity contribution in [1.82, 2.24) is 9.88 Å². The van der Waals surface area contributed by atoms with E-state index in [0.29, 0.717) is 5.13 Å². The number of aromatic nitrogens is 1. The van der Waals surface area contributed by atoms with E-state index in [2.05, 4.69) is 20.5 Å². The molecule has 0 bridgehead atoms. The predicted octanol–water partition coefficient (Wildman–Crippen LogP) is 3.61. The van der Waals surface area contributed by atoms with Gasteiger partial charge in [-0.1, -0.05) is 6.07 Å². The molecule has 0 spiro atoms. The molecule has 0 atom stereocenters. The van der Waals surface area contributed by atoms with Gasteiger partial charge in [0.2, 0.25) is 0 Å². The number of nitrogens with one attached hydrogen (secondary N) is 2. The monoisotopic (exact) mass is 407 g/mol. The van der Waals surface area contributed by atoms with Crippen molar-refractivity contribution in [1.29, 1.82) is 5.26 Å². The lowest BCUT2D eigenvalue weighted by Crippen LogP contribution is -2.25. The molecule has 3 rings (SSSR count). The van der Waals surface area contributed by atoms with Gasteiger partial charge in [0.25, 0.3) is 5.91 Å². The van der Waals surface area contributed by atoms with E-state index in [0.717, 1.165) is 42.2 Å². The average molecular weight is 407 g/mol. The fraction of sp³-hybridized carbons (Fsp3) is 0.278. The molecule has 2 N–H and O–H groups in total. The molecule has 1 aliphatic rings. The highest BCUT2D eigenvalue weighted by atomic mass is 32.1. The molecule has 0 saturated heterocycles. The van der Waals surface area contributed by atoms with Gasteiger partial charge >= 0.3 is 6.18 Å². The Morgan fingerprint density at radius 3 is 2.93 bits per heavy atom. The smallest absolute Gasteiger partial charge is 0.337 e. The molecule has 6 nitrogen and oxygen atoms in total. The predicted molar refractivity (Wildman–Crippen MR) is 99.5 cm³/mol. The van der Waals surface area contributed by atoms with Gasteiger partial charge in [-0.3, -0.25) is 4.79 Å². The summed E-state index contributed by atoms with van der Waals surface area (Å²) in [4.78, 5) is 20.0. The summed E-state index contributed by atoms with van der Waals surface area (Å²) in [5, 5.41) is 14.9. The quantitative estimate of drug-likeness (QED) is 0.598. The van der Waals surface area contributed by atoms with Crippen LogP contribution < -0.4 is 10.6 Å². The fourth-order valence-electron chi connectivity index (χ4n) is 2.64. The van der Waals surface area contributed by atoms with E-state index >= 15 is 0 Å². The SMILES string of the molecule is CN1CCc2nc(N/C=C(/C#N)C(=O)Nc3cccc(C(F)(F)F)c3)sc2C1. The average Bonchev–Trinajstić information content (AvgIpc) is 3.03. The number of alkyl halides is 3. The molecule has 2 aromatic rings. The number of benzene rings is 1. The van der Waals surface area contributed by atoms with E-state index in [9.17, 15) is 23.2 Å². The first kappa shape index (κ1) is 19.9. The number of halogens is 3. The molecule has 0 fully saturated rings. The fourth-order valence-corrected chi connectivity index (χ4v) is 3.70. The third-order valence-corrected chi connectivity index (χ3v) is 5.09. The maximum absolute atomic E-state index is 12.8. The van der Waals surface area contributed by atoms with Crippen LogP contribution in [0.5, 0.6) is 0 Å². The van der Waals surface area contributed by atoms with Crippen LogP contribution >= 0.6 is 11.3 Å². The van der Waals surface area contributed by atoms with Gasteiger partial charge in [0.05, 0.1) is 11.3 Å². The van der Waals surface area contributed by atoms with E-state index < -0.39 is 17.6 Å². The van der Waals surface area contributed by atoms with Crippen LogP contribution in [0.4, 0.5) is 24.0 Å². The van der Waals surface area contributed by atoms with E-state index in [-0.39, 0.29) is 11.3 Å². The summed E-state index contributed by atoms with van der Waals surface area (Å²) in [6.45, 7) is 1.70. The highest BCUT2D eigenvalue weighted by molar-refractivity contribution is 7.15. The number of anilines is 2. The molecule has 1 aromatic carbocycles. The van der Waals surface area contributed by atoms with E-state index in [1.807, 2.05) is 7.05 Å². The molecule has 1 aromatic heterocycles. The summed E-state index contributed by atoms with van der Waals surface area (Å²) in [5.41, 5.74) is -0.216. The second-order valence-corrected chi connectivity index (χ2v) is 7.31. The number of thiazole rings is 1. The Labute approximate surface area is 163 Å². The summed E-state index contributed by atoms with van der Waals surface area (Å²) in [6, 6.07) is 5.96. The van der Waals surface area contributed by atoms with Crippen LogP contribution in [0.15, 0.2) is 36.0 Å². The lowest BCUT2D eigenvalue weighted by Gasteiger charge is -2.20. The van der Waals surface area contributed by atoms with Crippen LogP contribution in [0.25, 0.3) is 0 Å². The van der Waals surface area contributed by atoms with Gasteiger partial charge in [0, 0.05) is 36.3 Å². The van der Waals surface area contributed by atoms with E-state index in [1.165, 1.54) is 29.7 Å². The maximum Gasteiger partial charge on any atom is 0.416 e. The lowest BCUT2D eigenvalue weighted by atomic mass is 10.2. The van der Waals surface area contributed by atoms with Crippen molar-refractivity contribution >= 4 is 28.1 Å². The topological polar surface area (TPSA) is 81.1 Å². The van der Waals surface area contributed by atoms with Crippen LogP contribution in [0, 0.1) is 11.3 Å².